The average Bonchev–Trinajstić information content (AvgIpc) is 3.53. The molecule has 2 aromatic carbocycles. The van der Waals surface area contributed by atoms with Gasteiger partial charge in [-0.05, 0) is 104 Å². The lowest BCUT2D eigenvalue weighted by Crippen LogP contribution is -2.47. The van der Waals surface area contributed by atoms with Crippen LogP contribution in [0.1, 0.15) is 42.6 Å². The smallest absolute Gasteiger partial charge is 0.323 e. The number of carbonyl (C=O) groups excluding carboxylic acids is 4. The number of nitrogens with zero attached hydrogens (tertiary/aromatic N) is 1. The normalized spacial score (nSPS) is 11.2. The number of aromatic nitrogens is 2. The number of likely N-dealkylation sites (N-methyl/N-ethyl adjacent to an activating group) is 1. The number of hydrogen-bond acceptors (Lipinski definition) is 6. The van der Waals surface area contributed by atoms with E-state index in [-0.39, 0.29) is 30.7 Å². The first-order valence-corrected chi connectivity index (χ1v) is 15.8. The van der Waals surface area contributed by atoms with Crippen LogP contribution in [0.15, 0.2) is 73.1 Å². The summed E-state index contributed by atoms with van der Waals surface area (Å²) in [5, 5.41) is 13.8. The van der Waals surface area contributed by atoms with E-state index in [0.29, 0.717) is 47.2 Å². The molecular weight excluding hydrogens is 701 g/mol. The molecule has 0 spiro atoms. The van der Waals surface area contributed by atoms with E-state index in [2.05, 4.69) is 59.1 Å². The summed E-state index contributed by atoms with van der Waals surface area (Å²) in [5.74, 6) is 0.0584. The molecule has 46 heavy (non-hydrogen) atoms. The molecule has 0 saturated carbocycles. The number of ether oxygens (including phenoxy) is 1. The lowest BCUT2D eigenvalue weighted by atomic mass is 10.1. The van der Waals surface area contributed by atoms with Crippen LogP contribution < -0.4 is 31.3 Å². The van der Waals surface area contributed by atoms with Crippen molar-refractivity contribution in [2.24, 2.45) is 0 Å². The Labute approximate surface area is 280 Å². The molecule has 2 heterocycles. The molecule has 6 N–H and O–H groups in total. The second kappa shape index (κ2) is 16.4. The molecule has 0 aliphatic carbocycles. The largest absolute Gasteiger partial charge is 0.457 e. The molecule has 13 heteroatoms. The van der Waals surface area contributed by atoms with E-state index in [1.165, 1.54) is 6.20 Å². The van der Waals surface area contributed by atoms with Gasteiger partial charge in [0.2, 0.25) is 11.8 Å². The number of rotatable bonds is 13. The summed E-state index contributed by atoms with van der Waals surface area (Å²) in [5.41, 5.74) is 3.79. The molecule has 0 saturated heterocycles. The predicted molar refractivity (Wildman–Crippen MR) is 185 cm³/mol. The minimum absolute atomic E-state index is 0.104. The highest BCUT2D eigenvalue weighted by Crippen LogP contribution is 2.27. The summed E-state index contributed by atoms with van der Waals surface area (Å²) in [4.78, 5) is 57.4. The fraction of sp³-hybridized carbons (Fsp3) is 0.242. The third kappa shape index (κ3) is 9.79. The van der Waals surface area contributed by atoms with Crippen molar-refractivity contribution < 1.29 is 23.9 Å². The summed E-state index contributed by atoms with van der Waals surface area (Å²) in [7, 11) is 0. The van der Waals surface area contributed by atoms with Gasteiger partial charge in [-0.2, -0.15) is 0 Å². The first kappa shape index (κ1) is 34.0. The average molecular weight is 738 g/mol. The van der Waals surface area contributed by atoms with E-state index in [1.54, 1.807) is 55.6 Å². The number of benzene rings is 2. The molecule has 1 atom stereocenters. The van der Waals surface area contributed by atoms with Gasteiger partial charge < -0.3 is 36.3 Å². The zero-order valence-electron chi connectivity index (χ0n) is 25.7. The maximum atomic E-state index is 13.0. The lowest BCUT2D eigenvalue weighted by Gasteiger charge is -2.17. The lowest BCUT2D eigenvalue weighted by molar-refractivity contribution is -0.124. The van der Waals surface area contributed by atoms with Gasteiger partial charge in [-0.15, -0.1) is 0 Å². The number of aryl methyl sites for hydroxylation is 1. The number of carbonyl (C=O) groups is 4. The van der Waals surface area contributed by atoms with Gasteiger partial charge in [0.15, 0.2) is 0 Å². The minimum atomic E-state index is -0.865. The van der Waals surface area contributed by atoms with Gasteiger partial charge in [-0.3, -0.25) is 19.4 Å². The van der Waals surface area contributed by atoms with Crippen molar-refractivity contribution in [1.82, 2.24) is 25.9 Å². The van der Waals surface area contributed by atoms with Gasteiger partial charge in [0, 0.05) is 47.2 Å². The van der Waals surface area contributed by atoms with Crippen molar-refractivity contribution in [3.8, 4) is 22.9 Å². The minimum Gasteiger partial charge on any atom is -0.457 e. The monoisotopic (exact) mass is 737 g/mol. The summed E-state index contributed by atoms with van der Waals surface area (Å²) in [6.45, 7) is 6.45. The first-order valence-electron chi connectivity index (χ1n) is 14.8. The van der Waals surface area contributed by atoms with Crippen LogP contribution in [0.5, 0.6) is 11.5 Å². The van der Waals surface area contributed by atoms with Crippen molar-refractivity contribution in [2.75, 3.05) is 23.7 Å². The van der Waals surface area contributed by atoms with Gasteiger partial charge in [-0.1, -0.05) is 6.07 Å². The van der Waals surface area contributed by atoms with E-state index in [0.717, 1.165) is 14.8 Å². The number of pyridine rings is 1. The van der Waals surface area contributed by atoms with Crippen molar-refractivity contribution in [3.63, 3.8) is 0 Å². The molecule has 0 bridgehead atoms. The third-order valence-electron chi connectivity index (χ3n) is 6.68. The van der Waals surface area contributed by atoms with Crippen LogP contribution in [0.25, 0.3) is 11.4 Å². The third-order valence-corrected chi connectivity index (χ3v) is 7.62. The summed E-state index contributed by atoms with van der Waals surface area (Å²) in [6.07, 6.45) is 3.39. The summed E-state index contributed by atoms with van der Waals surface area (Å²) >= 11 is 2.17. The fourth-order valence-electron chi connectivity index (χ4n) is 4.43. The van der Waals surface area contributed by atoms with Crippen molar-refractivity contribution in [3.05, 3.63) is 87.8 Å². The van der Waals surface area contributed by atoms with E-state index in [4.69, 9.17) is 4.74 Å². The molecule has 0 fully saturated rings. The van der Waals surface area contributed by atoms with E-state index in [1.807, 2.05) is 32.0 Å². The number of nitrogens with one attached hydrogen (secondary N) is 6. The number of anilines is 2. The van der Waals surface area contributed by atoms with Crippen LogP contribution in [-0.2, 0) is 9.59 Å². The first-order chi connectivity index (χ1) is 22.1. The van der Waals surface area contributed by atoms with Crippen LogP contribution >= 0.6 is 22.6 Å². The highest BCUT2D eigenvalue weighted by Gasteiger charge is 2.23. The Bertz CT molecular complexity index is 1690. The molecule has 5 amide bonds. The van der Waals surface area contributed by atoms with Crippen LogP contribution in [0.3, 0.4) is 0 Å². The van der Waals surface area contributed by atoms with E-state index < -0.39 is 11.9 Å². The van der Waals surface area contributed by atoms with Gasteiger partial charge in [0.25, 0.3) is 5.91 Å². The molecule has 4 rings (SSSR count). The molecule has 12 nitrogen and oxygen atoms in total. The Hall–Kier alpha value is -4.92. The number of urea groups is 1. The molecule has 0 aliphatic heterocycles. The Kier molecular flexibility index (Phi) is 12.1. The Morgan fingerprint density at radius 3 is 2.41 bits per heavy atom. The van der Waals surface area contributed by atoms with Gasteiger partial charge in [0.05, 0.1) is 22.6 Å². The maximum absolute atomic E-state index is 13.0. The van der Waals surface area contributed by atoms with Crippen LogP contribution in [0.4, 0.5) is 16.2 Å². The standard InChI is InChI=1S/C33H36IN7O5/c1-4-35-30(42)13-12-26(32(44)36-5-2)40-31(43)21-17-28(38-19-21)29-18-24(14-15-37-29)46-23-9-7-22(8-10-23)39-33(45)41-27-16-20(3)6-11-25(27)34/h6-11,14-19,26,38H,4-5,12-13H2,1-3H3,(H,35,42)(H,36,44)(H,40,43)(H2,39,41,45)/t26-/m0/s1. The summed E-state index contributed by atoms with van der Waals surface area (Å²) in [6, 6.07) is 16.6. The number of halogens is 1. The zero-order chi connectivity index (χ0) is 33.1. The number of amides is 5. The van der Waals surface area contributed by atoms with Gasteiger partial charge in [0.1, 0.15) is 17.5 Å². The second-order valence-corrected chi connectivity index (χ2v) is 11.4. The molecule has 2 aromatic heterocycles. The van der Waals surface area contributed by atoms with Crippen molar-refractivity contribution in [1.29, 1.82) is 0 Å². The highest BCUT2D eigenvalue weighted by molar-refractivity contribution is 14.1. The molecule has 0 radical (unpaired) electrons. The Morgan fingerprint density at radius 1 is 0.913 bits per heavy atom. The second-order valence-electron chi connectivity index (χ2n) is 10.3. The molecule has 0 aliphatic rings. The Morgan fingerprint density at radius 2 is 1.67 bits per heavy atom. The van der Waals surface area contributed by atoms with Crippen LogP contribution in [0.2, 0.25) is 0 Å². The molecule has 4 aromatic rings. The number of H-pyrrole nitrogens is 1. The van der Waals surface area contributed by atoms with E-state index >= 15 is 0 Å². The quantitative estimate of drug-likeness (QED) is 0.0982. The van der Waals surface area contributed by atoms with Gasteiger partial charge in [-0.25, -0.2) is 4.79 Å². The SMILES string of the molecule is CCNC(=O)CC[C@H](NC(=O)c1c[nH]c(-c2cc(Oc3ccc(NC(=O)Nc4cc(C)ccc4I)cc3)ccn2)c1)C(=O)NCC. The maximum Gasteiger partial charge on any atom is 0.323 e. The number of hydrogen-bond donors (Lipinski definition) is 6. The zero-order valence-corrected chi connectivity index (χ0v) is 27.9. The topological polar surface area (TPSA) is 166 Å². The fourth-order valence-corrected chi connectivity index (χ4v) is 4.90. The van der Waals surface area contributed by atoms with Crippen LogP contribution in [0, 0.1) is 10.5 Å². The van der Waals surface area contributed by atoms with E-state index in [9.17, 15) is 19.2 Å². The highest BCUT2D eigenvalue weighted by atomic mass is 127. The van der Waals surface area contributed by atoms with Crippen molar-refractivity contribution >= 4 is 57.7 Å². The predicted octanol–water partition coefficient (Wildman–Crippen LogP) is 5.58. The van der Waals surface area contributed by atoms with Gasteiger partial charge >= 0.3 is 6.03 Å². The van der Waals surface area contributed by atoms with Crippen LogP contribution in [-0.4, -0.2) is 52.9 Å². The molecule has 0 unspecified atom stereocenters. The molecular formula is C33H36IN7O5. The van der Waals surface area contributed by atoms with Crippen molar-refractivity contribution in [2.45, 2.75) is 39.7 Å². The number of aromatic amines is 1. The summed E-state index contributed by atoms with van der Waals surface area (Å²) < 4.78 is 6.94. The Balaban J connectivity index is 1.36. The molecule has 240 valence electrons.